The van der Waals surface area contributed by atoms with Crippen LogP contribution in [0.5, 0.6) is 0 Å². The summed E-state index contributed by atoms with van der Waals surface area (Å²) >= 11 is 7.40. The van der Waals surface area contributed by atoms with Gasteiger partial charge in [-0.3, -0.25) is 9.59 Å². The van der Waals surface area contributed by atoms with Crippen molar-refractivity contribution in [2.45, 2.75) is 10.1 Å². The van der Waals surface area contributed by atoms with Crippen LogP contribution in [0, 0.1) is 0 Å². The third-order valence-electron chi connectivity index (χ3n) is 5.05. The van der Waals surface area contributed by atoms with Crippen molar-refractivity contribution in [1.29, 1.82) is 0 Å². The van der Waals surface area contributed by atoms with Crippen molar-refractivity contribution in [1.82, 2.24) is 0 Å². The van der Waals surface area contributed by atoms with Crippen molar-refractivity contribution >= 4 is 52.6 Å². The first-order chi connectivity index (χ1) is 17.1. The standard InChI is InChI=1S/C29H23ClN2O2S/c30-23-12-14-25(15-13-23)32-29(34)28(22-9-5-2-6-10-22)35-26-18-16-24(17-19-26)31-27(33)20-11-21-7-3-1-4-8-21/h1-20,28H,(H,31,33)(H,32,34)/b20-11+. The Balaban J connectivity index is 1.43. The minimum absolute atomic E-state index is 0.132. The van der Waals surface area contributed by atoms with Gasteiger partial charge in [0.1, 0.15) is 5.25 Å². The molecule has 0 heterocycles. The minimum atomic E-state index is -0.457. The van der Waals surface area contributed by atoms with Crippen molar-refractivity contribution in [3.8, 4) is 0 Å². The van der Waals surface area contributed by atoms with E-state index in [4.69, 9.17) is 11.6 Å². The van der Waals surface area contributed by atoms with Gasteiger partial charge in [0.15, 0.2) is 0 Å². The second-order valence-corrected chi connectivity index (χ2v) is 9.28. The first-order valence-electron chi connectivity index (χ1n) is 11.0. The predicted octanol–water partition coefficient (Wildman–Crippen LogP) is 7.46. The molecule has 174 valence electrons. The minimum Gasteiger partial charge on any atom is -0.325 e. The van der Waals surface area contributed by atoms with E-state index in [0.29, 0.717) is 16.4 Å². The maximum atomic E-state index is 13.2. The number of nitrogens with one attached hydrogen (secondary N) is 2. The van der Waals surface area contributed by atoms with Crippen molar-refractivity contribution < 1.29 is 9.59 Å². The Bertz CT molecular complexity index is 1290. The molecule has 0 saturated carbocycles. The third kappa shape index (κ3) is 7.34. The van der Waals surface area contributed by atoms with E-state index in [-0.39, 0.29) is 11.8 Å². The number of carbonyl (C=O) groups excluding carboxylic acids is 2. The second kappa shape index (κ2) is 12.1. The maximum Gasteiger partial charge on any atom is 0.248 e. The van der Waals surface area contributed by atoms with E-state index in [9.17, 15) is 9.59 Å². The number of benzene rings is 4. The normalized spacial score (nSPS) is 11.7. The number of carbonyl (C=O) groups is 2. The fraction of sp³-hybridized carbons (Fsp3) is 0.0345. The molecule has 0 aliphatic rings. The van der Waals surface area contributed by atoms with E-state index in [1.165, 1.54) is 17.8 Å². The Morgan fingerprint density at radius 2 is 1.29 bits per heavy atom. The molecule has 2 amide bonds. The van der Waals surface area contributed by atoms with Crippen molar-refractivity contribution in [2.75, 3.05) is 10.6 Å². The highest BCUT2D eigenvalue weighted by atomic mass is 35.5. The Kier molecular flexibility index (Phi) is 8.39. The molecule has 2 N–H and O–H groups in total. The van der Waals surface area contributed by atoms with Crippen LogP contribution in [0.15, 0.2) is 120 Å². The average molecular weight is 499 g/mol. The summed E-state index contributed by atoms with van der Waals surface area (Å²) in [7, 11) is 0. The van der Waals surface area contributed by atoms with Crippen LogP contribution in [-0.2, 0) is 9.59 Å². The van der Waals surface area contributed by atoms with Gasteiger partial charge < -0.3 is 10.6 Å². The quantitative estimate of drug-likeness (QED) is 0.196. The maximum absolute atomic E-state index is 13.2. The van der Waals surface area contributed by atoms with Gasteiger partial charge in [-0.2, -0.15) is 0 Å². The molecule has 0 radical (unpaired) electrons. The van der Waals surface area contributed by atoms with Gasteiger partial charge in [-0.15, -0.1) is 11.8 Å². The van der Waals surface area contributed by atoms with Gasteiger partial charge in [-0.1, -0.05) is 72.3 Å². The molecule has 0 aliphatic carbocycles. The van der Waals surface area contributed by atoms with Crippen molar-refractivity contribution in [3.05, 3.63) is 131 Å². The van der Waals surface area contributed by atoms with E-state index in [0.717, 1.165) is 16.0 Å². The molecule has 0 spiro atoms. The lowest BCUT2D eigenvalue weighted by molar-refractivity contribution is -0.116. The molecule has 4 nitrogen and oxygen atoms in total. The molecule has 0 aliphatic heterocycles. The van der Waals surface area contributed by atoms with E-state index in [2.05, 4.69) is 10.6 Å². The highest BCUT2D eigenvalue weighted by Crippen LogP contribution is 2.36. The Morgan fingerprint density at radius 1 is 0.714 bits per heavy atom. The summed E-state index contributed by atoms with van der Waals surface area (Å²) < 4.78 is 0. The SMILES string of the molecule is O=C(/C=C/c1ccccc1)Nc1ccc(SC(C(=O)Nc2ccc(Cl)cc2)c2ccccc2)cc1. The zero-order chi connectivity index (χ0) is 24.5. The summed E-state index contributed by atoms with van der Waals surface area (Å²) in [5.41, 5.74) is 3.21. The molecule has 6 heteroatoms. The van der Waals surface area contributed by atoms with E-state index >= 15 is 0 Å². The molecule has 0 bridgehead atoms. The van der Waals surface area contributed by atoms with Gasteiger partial charge in [0.2, 0.25) is 11.8 Å². The van der Waals surface area contributed by atoms with Crippen LogP contribution in [0.25, 0.3) is 6.08 Å². The van der Waals surface area contributed by atoms with Crippen LogP contribution in [0.1, 0.15) is 16.4 Å². The first-order valence-corrected chi connectivity index (χ1v) is 12.2. The average Bonchev–Trinajstić information content (AvgIpc) is 2.89. The number of anilines is 2. The van der Waals surface area contributed by atoms with Crippen LogP contribution in [0.2, 0.25) is 5.02 Å². The Hall–Kier alpha value is -3.80. The second-order valence-electron chi connectivity index (χ2n) is 7.66. The summed E-state index contributed by atoms with van der Waals surface area (Å²) in [6.07, 6.45) is 3.27. The summed E-state index contributed by atoms with van der Waals surface area (Å²) in [6, 6.07) is 33.8. The molecule has 0 fully saturated rings. The van der Waals surface area contributed by atoms with Crippen LogP contribution >= 0.6 is 23.4 Å². The lowest BCUT2D eigenvalue weighted by atomic mass is 10.1. The van der Waals surface area contributed by atoms with Gasteiger partial charge in [-0.05, 0) is 65.7 Å². The highest BCUT2D eigenvalue weighted by molar-refractivity contribution is 8.00. The Morgan fingerprint density at radius 3 is 1.94 bits per heavy atom. The molecule has 1 unspecified atom stereocenters. The molecule has 0 saturated heterocycles. The molecule has 1 atom stereocenters. The molecule has 35 heavy (non-hydrogen) atoms. The number of halogens is 1. The van der Waals surface area contributed by atoms with E-state index < -0.39 is 5.25 Å². The molecule has 4 aromatic carbocycles. The van der Waals surface area contributed by atoms with Gasteiger partial charge >= 0.3 is 0 Å². The summed E-state index contributed by atoms with van der Waals surface area (Å²) in [4.78, 5) is 26.3. The number of thioether (sulfide) groups is 1. The summed E-state index contributed by atoms with van der Waals surface area (Å²) in [5.74, 6) is -0.342. The number of hydrogen-bond donors (Lipinski definition) is 2. The van der Waals surface area contributed by atoms with Crippen molar-refractivity contribution in [3.63, 3.8) is 0 Å². The van der Waals surface area contributed by atoms with E-state index in [1.807, 2.05) is 84.9 Å². The fourth-order valence-electron chi connectivity index (χ4n) is 3.31. The molecule has 0 aromatic heterocycles. The summed E-state index contributed by atoms with van der Waals surface area (Å²) in [5, 5.41) is 5.98. The summed E-state index contributed by atoms with van der Waals surface area (Å²) in [6.45, 7) is 0. The smallest absolute Gasteiger partial charge is 0.248 e. The topological polar surface area (TPSA) is 58.2 Å². The third-order valence-corrected chi connectivity index (χ3v) is 6.57. The van der Waals surface area contributed by atoms with Crippen LogP contribution in [-0.4, -0.2) is 11.8 Å². The van der Waals surface area contributed by atoms with Crippen LogP contribution in [0.4, 0.5) is 11.4 Å². The number of amides is 2. The molecule has 4 aromatic rings. The van der Waals surface area contributed by atoms with Crippen LogP contribution < -0.4 is 10.6 Å². The highest BCUT2D eigenvalue weighted by Gasteiger charge is 2.22. The van der Waals surface area contributed by atoms with Crippen LogP contribution in [0.3, 0.4) is 0 Å². The largest absolute Gasteiger partial charge is 0.325 e. The zero-order valence-electron chi connectivity index (χ0n) is 18.7. The number of hydrogen-bond acceptors (Lipinski definition) is 3. The molecule has 4 rings (SSSR count). The fourth-order valence-corrected chi connectivity index (χ4v) is 4.47. The van der Waals surface area contributed by atoms with Gasteiger partial charge in [0, 0.05) is 27.4 Å². The lowest BCUT2D eigenvalue weighted by Gasteiger charge is -2.17. The van der Waals surface area contributed by atoms with E-state index in [1.54, 1.807) is 30.3 Å². The predicted molar refractivity (Wildman–Crippen MR) is 146 cm³/mol. The number of rotatable bonds is 8. The molecular formula is C29H23ClN2O2S. The molecular weight excluding hydrogens is 476 g/mol. The Labute approximate surface area is 214 Å². The van der Waals surface area contributed by atoms with Gasteiger partial charge in [-0.25, -0.2) is 0 Å². The van der Waals surface area contributed by atoms with Crippen molar-refractivity contribution in [2.24, 2.45) is 0 Å². The monoisotopic (exact) mass is 498 g/mol. The van der Waals surface area contributed by atoms with Gasteiger partial charge in [0.05, 0.1) is 0 Å². The lowest BCUT2D eigenvalue weighted by Crippen LogP contribution is -2.19. The first kappa shape index (κ1) is 24.3. The van der Waals surface area contributed by atoms with Gasteiger partial charge in [0.25, 0.3) is 0 Å². The zero-order valence-corrected chi connectivity index (χ0v) is 20.3.